The zero-order valence-electron chi connectivity index (χ0n) is 9.79. The maximum Gasteiger partial charge on any atom is 0.117 e. The molecule has 0 saturated carbocycles. The fraction of sp³-hybridized carbons (Fsp3) is 0.462. The molecule has 0 fully saturated rings. The van der Waals surface area contributed by atoms with Crippen molar-refractivity contribution in [3.05, 3.63) is 35.4 Å². The number of hydrogen-bond acceptors (Lipinski definition) is 2. The minimum Gasteiger partial charge on any atom is -0.396 e. The van der Waals surface area contributed by atoms with Crippen LogP contribution in [0.2, 0.25) is 0 Å². The Balaban J connectivity index is 2.52. The number of nitrogens with zero attached hydrogens (tertiary/aromatic N) is 1. The maximum absolute atomic E-state index is 5.21. The molecule has 1 rings (SSSR count). The summed E-state index contributed by atoms with van der Waals surface area (Å²) in [4.78, 5) is 5.21. The average Bonchev–Trinajstić information content (AvgIpc) is 2.25. The van der Waals surface area contributed by atoms with Crippen molar-refractivity contribution in [1.29, 1.82) is 0 Å². The molecule has 1 aromatic carbocycles. The van der Waals surface area contributed by atoms with Crippen molar-refractivity contribution in [3.8, 4) is 0 Å². The molecule has 15 heavy (non-hydrogen) atoms. The van der Waals surface area contributed by atoms with Crippen molar-refractivity contribution in [2.24, 2.45) is 5.16 Å². The first-order valence-corrected chi connectivity index (χ1v) is 5.47. The Labute approximate surface area is 91.9 Å². The molecule has 0 saturated heterocycles. The second-order valence-corrected chi connectivity index (χ2v) is 3.73. The van der Waals surface area contributed by atoms with Crippen LogP contribution in [0.3, 0.4) is 0 Å². The van der Waals surface area contributed by atoms with Crippen molar-refractivity contribution in [1.82, 2.24) is 0 Å². The van der Waals surface area contributed by atoms with Crippen LogP contribution in [0.4, 0.5) is 0 Å². The highest BCUT2D eigenvalue weighted by atomic mass is 16.6. The van der Waals surface area contributed by atoms with Crippen molar-refractivity contribution in [2.75, 3.05) is 6.61 Å². The van der Waals surface area contributed by atoms with Crippen molar-refractivity contribution < 1.29 is 4.84 Å². The highest BCUT2D eigenvalue weighted by Crippen LogP contribution is 2.05. The quantitative estimate of drug-likeness (QED) is 0.409. The van der Waals surface area contributed by atoms with Crippen molar-refractivity contribution >= 4 is 5.71 Å². The van der Waals surface area contributed by atoms with Gasteiger partial charge in [-0.15, -0.1) is 0 Å². The monoisotopic (exact) mass is 205 g/mol. The van der Waals surface area contributed by atoms with E-state index in [-0.39, 0.29) is 0 Å². The van der Waals surface area contributed by atoms with Crippen LogP contribution in [0, 0.1) is 6.92 Å². The summed E-state index contributed by atoms with van der Waals surface area (Å²) in [5.74, 6) is 0. The summed E-state index contributed by atoms with van der Waals surface area (Å²) in [6.07, 6.45) is 2.20. The Kier molecular flexibility index (Phi) is 4.88. The van der Waals surface area contributed by atoms with Crippen LogP contribution in [-0.2, 0) is 4.84 Å². The highest BCUT2D eigenvalue weighted by Gasteiger charge is 1.96. The van der Waals surface area contributed by atoms with Gasteiger partial charge in [-0.3, -0.25) is 0 Å². The van der Waals surface area contributed by atoms with Gasteiger partial charge < -0.3 is 4.84 Å². The van der Waals surface area contributed by atoms with E-state index in [2.05, 4.69) is 43.3 Å². The zero-order valence-corrected chi connectivity index (χ0v) is 9.79. The van der Waals surface area contributed by atoms with Crippen LogP contribution in [0.5, 0.6) is 0 Å². The summed E-state index contributed by atoms with van der Waals surface area (Å²) in [5, 5.41) is 4.08. The SMILES string of the molecule is CCCCO/N=C(\C)c1ccc(C)cc1. The van der Waals surface area contributed by atoms with Crippen molar-refractivity contribution in [3.63, 3.8) is 0 Å². The fourth-order valence-electron chi connectivity index (χ4n) is 1.20. The molecule has 82 valence electrons. The molecule has 1 aromatic rings. The molecule has 0 aliphatic heterocycles. The van der Waals surface area contributed by atoms with E-state index in [1.807, 2.05) is 6.92 Å². The van der Waals surface area contributed by atoms with Gasteiger partial charge in [-0.2, -0.15) is 0 Å². The number of benzene rings is 1. The first-order chi connectivity index (χ1) is 7.24. The van der Waals surface area contributed by atoms with Crippen LogP contribution in [0.1, 0.15) is 37.8 Å². The molecule has 0 aromatic heterocycles. The third kappa shape index (κ3) is 4.15. The molecule has 0 spiro atoms. The Morgan fingerprint density at radius 3 is 2.53 bits per heavy atom. The van der Waals surface area contributed by atoms with Gasteiger partial charge in [0.05, 0.1) is 5.71 Å². The van der Waals surface area contributed by atoms with E-state index >= 15 is 0 Å². The molecule has 2 heteroatoms. The predicted octanol–water partition coefficient (Wildman–Crippen LogP) is 3.54. The van der Waals surface area contributed by atoms with E-state index in [1.54, 1.807) is 0 Å². The second-order valence-electron chi connectivity index (χ2n) is 3.73. The number of hydrogen-bond donors (Lipinski definition) is 0. The number of aryl methyl sites for hydroxylation is 1. The lowest BCUT2D eigenvalue weighted by molar-refractivity contribution is 0.141. The van der Waals surface area contributed by atoms with Gasteiger partial charge in [-0.05, 0) is 25.8 Å². The average molecular weight is 205 g/mol. The molecule has 0 amide bonds. The van der Waals surface area contributed by atoms with Gasteiger partial charge in [-0.25, -0.2) is 0 Å². The van der Waals surface area contributed by atoms with E-state index in [9.17, 15) is 0 Å². The largest absolute Gasteiger partial charge is 0.396 e. The van der Waals surface area contributed by atoms with E-state index in [0.29, 0.717) is 6.61 Å². The zero-order chi connectivity index (χ0) is 11.1. The summed E-state index contributed by atoms with van der Waals surface area (Å²) < 4.78 is 0. The molecule has 0 heterocycles. The van der Waals surface area contributed by atoms with Crippen LogP contribution in [0.15, 0.2) is 29.4 Å². The molecule has 2 nitrogen and oxygen atoms in total. The number of oxime groups is 1. The summed E-state index contributed by atoms with van der Waals surface area (Å²) in [5.41, 5.74) is 3.32. The smallest absolute Gasteiger partial charge is 0.117 e. The predicted molar refractivity (Wildman–Crippen MR) is 64.3 cm³/mol. The lowest BCUT2D eigenvalue weighted by atomic mass is 10.1. The van der Waals surface area contributed by atoms with Gasteiger partial charge in [0.1, 0.15) is 6.61 Å². The van der Waals surface area contributed by atoms with E-state index in [4.69, 9.17) is 4.84 Å². The first-order valence-electron chi connectivity index (χ1n) is 5.47. The molecule has 0 unspecified atom stereocenters. The van der Waals surface area contributed by atoms with Gasteiger partial charge >= 0.3 is 0 Å². The first kappa shape index (κ1) is 11.8. The molecule has 0 N–H and O–H groups in total. The van der Waals surface area contributed by atoms with Crippen LogP contribution < -0.4 is 0 Å². The Hall–Kier alpha value is -1.31. The van der Waals surface area contributed by atoms with Crippen LogP contribution >= 0.6 is 0 Å². The lowest BCUT2D eigenvalue weighted by Gasteiger charge is -2.02. The molecule has 0 bridgehead atoms. The topological polar surface area (TPSA) is 21.6 Å². The molecular formula is C13H19NO. The fourth-order valence-corrected chi connectivity index (χ4v) is 1.20. The van der Waals surface area contributed by atoms with Crippen molar-refractivity contribution in [2.45, 2.75) is 33.6 Å². The lowest BCUT2D eigenvalue weighted by Crippen LogP contribution is -1.97. The summed E-state index contributed by atoms with van der Waals surface area (Å²) >= 11 is 0. The standard InChI is InChI=1S/C13H19NO/c1-4-5-10-15-14-12(3)13-8-6-11(2)7-9-13/h6-9H,4-5,10H2,1-3H3/b14-12+. The van der Waals surface area contributed by atoms with Gasteiger partial charge in [0.25, 0.3) is 0 Å². The van der Waals surface area contributed by atoms with Gasteiger partial charge in [0, 0.05) is 0 Å². The molecule has 0 aliphatic rings. The third-order valence-corrected chi connectivity index (χ3v) is 2.26. The van der Waals surface area contributed by atoms with E-state index in [1.165, 1.54) is 5.56 Å². The molecule has 0 radical (unpaired) electrons. The minimum atomic E-state index is 0.708. The third-order valence-electron chi connectivity index (χ3n) is 2.26. The number of unbranched alkanes of at least 4 members (excludes halogenated alkanes) is 1. The Bertz CT molecular complexity index is 314. The summed E-state index contributed by atoms with van der Waals surface area (Å²) in [6, 6.07) is 8.30. The van der Waals surface area contributed by atoms with Gasteiger partial charge in [-0.1, -0.05) is 48.3 Å². The van der Waals surface area contributed by atoms with E-state index < -0.39 is 0 Å². The normalized spacial score (nSPS) is 11.5. The van der Waals surface area contributed by atoms with Gasteiger partial charge in [0.15, 0.2) is 0 Å². The Morgan fingerprint density at radius 2 is 1.93 bits per heavy atom. The molecule has 0 aliphatic carbocycles. The highest BCUT2D eigenvalue weighted by molar-refractivity contribution is 5.98. The number of rotatable bonds is 5. The van der Waals surface area contributed by atoms with Gasteiger partial charge in [0.2, 0.25) is 0 Å². The molecule has 0 atom stereocenters. The summed E-state index contributed by atoms with van der Waals surface area (Å²) in [7, 11) is 0. The maximum atomic E-state index is 5.21. The molecular weight excluding hydrogens is 186 g/mol. The second kappa shape index (κ2) is 6.23. The Morgan fingerprint density at radius 1 is 1.27 bits per heavy atom. The minimum absolute atomic E-state index is 0.708. The summed E-state index contributed by atoms with van der Waals surface area (Å²) in [6.45, 7) is 6.89. The van der Waals surface area contributed by atoms with E-state index in [0.717, 1.165) is 24.1 Å². The van der Waals surface area contributed by atoms with Crippen LogP contribution in [0.25, 0.3) is 0 Å². The van der Waals surface area contributed by atoms with Crippen LogP contribution in [-0.4, -0.2) is 12.3 Å².